The van der Waals surface area contributed by atoms with E-state index in [1.807, 2.05) is 18.2 Å². The summed E-state index contributed by atoms with van der Waals surface area (Å²) in [5.74, 6) is 1.56. The fourth-order valence-electron chi connectivity index (χ4n) is 3.36. The highest BCUT2D eigenvalue weighted by Crippen LogP contribution is 2.37. The van der Waals surface area contributed by atoms with Crippen LogP contribution in [0.5, 0.6) is 0 Å². The van der Waals surface area contributed by atoms with Gasteiger partial charge in [0.05, 0.1) is 0 Å². The Morgan fingerprint density at radius 2 is 1.85 bits per heavy atom. The van der Waals surface area contributed by atoms with Crippen molar-refractivity contribution in [3.8, 4) is 0 Å². The van der Waals surface area contributed by atoms with Crippen LogP contribution in [-0.2, 0) is 6.42 Å². The molecule has 2 atom stereocenters. The van der Waals surface area contributed by atoms with Crippen LogP contribution in [0, 0.1) is 11.8 Å². The monoisotopic (exact) mass is 313 g/mol. The minimum Gasteiger partial charge on any atom is -0.325 e. The van der Waals surface area contributed by atoms with Crippen LogP contribution in [0.15, 0.2) is 18.2 Å². The molecule has 0 saturated heterocycles. The lowest BCUT2D eigenvalue weighted by Gasteiger charge is -2.29. The van der Waals surface area contributed by atoms with E-state index in [2.05, 4.69) is 13.8 Å². The topological polar surface area (TPSA) is 26.0 Å². The molecular formula is C17H25Cl2N. The highest BCUT2D eigenvalue weighted by molar-refractivity contribution is 6.36. The predicted octanol–water partition coefficient (Wildman–Crippen LogP) is 5.47. The van der Waals surface area contributed by atoms with Gasteiger partial charge in [0.15, 0.2) is 0 Å². The van der Waals surface area contributed by atoms with Gasteiger partial charge in [-0.2, -0.15) is 0 Å². The molecule has 0 amide bonds. The molecule has 1 aliphatic carbocycles. The van der Waals surface area contributed by atoms with Gasteiger partial charge in [0.25, 0.3) is 0 Å². The van der Waals surface area contributed by atoms with Gasteiger partial charge < -0.3 is 5.73 Å². The lowest BCUT2D eigenvalue weighted by molar-refractivity contribution is 0.322. The predicted molar refractivity (Wildman–Crippen MR) is 88.5 cm³/mol. The Hall–Kier alpha value is -0.240. The van der Waals surface area contributed by atoms with Gasteiger partial charge in [-0.1, -0.05) is 56.0 Å². The summed E-state index contributed by atoms with van der Waals surface area (Å²) in [4.78, 5) is 0. The minimum atomic E-state index is -0.154. The largest absolute Gasteiger partial charge is 0.325 e. The number of hydrogen-bond donors (Lipinski definition) is 1. The Morgan fingerprint density at radius 3 is 2.45 bits per heavy atom. The molecule has 1 nitrogen and oxygen atoms in total. The molecule has 1 fully saturated rings. The fourth-order valence-corrected chi connectivity index (χ4v) is 3.89. The highest BCUT2D eigenvalue weighted by Gasteiger charge is 2.31. The SMILES string of the molecule is CC(C)C1CCCC(N)(Cc2c(Cl)cccc2Cl)CC1. The normalized spacial score (nSPS) is 27.6. The fraction of sp³-hybridized carbons (Fsp3) is 0.647. The van der Waals surface area contributed by atoms with E-state index in [9.17, 15) is 0 Å². The van der Waals surface area contributed by atoms with Gasteiger partial charge in [-0.3, -0.25) is 0 Å². The molecule has 2 rings (SSSR count). The van der Waals surface area contributed by atoms with Crippen LogP contribution in [0.3, 0.4) is 0 Å². The summed E-state index contributed by atoms with van der Waals surface area (Å²) >= 11 is 12.6. The summed E-state index contributed by atoms with van der Waals surface area (Å²) in [5, 5.41) is 1.49. The van der Waals surface area contributed by atoms with Crippen molar-refractivity contribution in [3.05, 3.63) is 33.8 Å². The first-order valence-corrected chi connectivity index (χ1v) is 8.39. The van der Waals surface area contributed by atoms with E-state index in [1.54, 1.807) is 0 Å². The van der Waals surface area contributed by atoms with E-state index in [-0.39, 0.29) is 5.54 Å². The number of hydrogen-bond acceptors (Lipinski definition) is 1. The maximum Gasteiger partial charge on any atom is 0.0453 e. The molecule has 0 aromatic heterocycles. The van der Waals surface area contributed by atoms with Gasteiger partial charge in [-0.15, -0.1) is 0 Å². The molecular weight excluding hydrogens is 289 g/mol. The van der Waals surface area contributed by atoms with Crippen LogP contribution < -0.4 is 5.73 Å². The zero-order valence-corrected chi connectivity index (χ0v) is 14.0. The third kappa shape index (κ3) is 3.90. The summed E-state index contributed by atoms with van der Waals surface area (Å²) < 4.78 is 0. The Labute approximate surface area is 132 Å². The van der Waals surface area contributed by atoms with E-state index < -0.39 is 0 Å². The first-order valence-electron chi connectivity index (χ1n) is 7.63. The van der Waals surface area contributed by atoms with E-state index in [4.69, 9.17) is 28.9 Å². The third-order valence-electron chi connectivity index (χ3n) is 4.80. The third-order valence-corrected chi connectivity index (χ3v) is 5.50. The molecule has 0 radical (unpaired) electrons. The molecule has 1 aliphatic rings. The van der Waals surface area contributed by atoms with Crippen LogP contribution in [-0.4, -0.2) is 5.54 Å². The minimum absolute atomic E-state index is 0.154. The van der Waals surface area contributed by atoms with Gasteiger partial charge in [-0.05, 0) is 55.2 Å². The molecule has 0 spiro atoms. The molecule has 0 aliphatic heterocycles. The van der Waals surface area contributed by atoms with Gasteiger partial charge in [-0.25, -0.2) is 0 Å². The standard InChI is InChI=1S/C17H25Cl2N/c1-12(2)13-5-4-9-17(20,10-8-13)11-14-15(18)6-3-7-16(14)19/h3,6-7,12-13H,4-5,8-11,20H2,1-2H3. The first-order chi connectivity index (χ1) is 9.41. The van der Waals surface area contributed by atoms with Crippen LogP contribution in [0.25, 0.3) is 0 Å². The second-order valence-electron chi connectivity index (χ2n) is 6.67. The molecule has 0 bridgehead atoms. The maximum absolute atomic E-state index is 6.67. The van der Waals surface area contributed by atoms with Crippen molar-refractivity contribution in [2.45, 2.75) is 57.9 Å². The van der Waals surface area contributed by atoms with Crippen LogP contribution in [0.1, 0.15) is 51.5 Å². The van der Waals surface area contributed by atoms with Gasteiger partial charge in [0.1, 0.15) is 0 Å². The summed E-state index contributed by atoms with van der Waals surface area (Å²) in [7, 11) is 0. The first kappa shape index (κ1) is 16.1. The molecule has 3 heteroatoms. The number of rotatable bonds is 3. The van der Waals surface area contributed by atoms with Crippen molar-refractivity contribution in [3.63, 3.8) is 0 Å². The van der Waals surface area contributed by atoms with Crippen molar-refractivity contribution < 1.29 is 0 Å². The summed E-state index contributed by atoms with van der Waals surface area (Å²) in [5.41, 5.74) is 7.53. The lowest BCUT2D eigenvalue weighted by Crippen LogP contribution is -2.41. The smallest absolute Gasteiger partial charge is 0.0453 e. The zero-order chi connectivity index (χ0) is 14.8. The van der Waals surface area contributed by atoms with E-state index >= 15 is 0 Å². The lowest BCUT2D eigenvalue weighted by atomic mass is 9.83. The Morgan fingerprint density at radius 1 is 1.20 bits per heavy atom. The molecule has 1 saturated carbocycles. The average Bonchev–Trinajstić information content (AvgIpc) is 2.57. The maximum atomic E-state index is 6.67. The van der Waals surface area contributed by atoms with Crippen molar-refractivity contribution in [1.29, 1.82) is 0 Å². The van der Waals surface area contributed by atoms with E-state index in [1.165, 1.54) is 19.3 Å². The van der Waals surface area contributed by atoms with Gasteiger partial charge in [0.2, 0.25) is 0 Å². The number of halogens is 2. The molecule has 20 heavy (non-hydrogen) atoms. The second kappa shape index (κ2) is 6.68. The molecule has 2 unspecified atom stereocenters. The van der Waals surface area contributed by atoms with E-state index in [0.717, 1.165) is 46.7 Å². The Balaban J connectivity index is 2.11. The van der Waals surface area contributed by atoms with E-state index in [0.29, 0.717) is 0 Å². The van der Waals surface area contributed by atoms with Gasteiger partial charge >= 0.3 is 0 Å². The average molecular weight is 314 g/mol. The number of nitrogens with two attached hydrogens (primary N) is 1. The summed E-state index contributed by atoms with van der Waals surface area (Å²) in [6.45, 7) is 4.64. The van der Waals surface area contributed by atoms with Crippen LogP contribution in [0.4, 0.5) is 0 Å². The molecule has 1 aromatic carbocycles. The summed E-state index contributed by atoms with van der Waals surface area (Å²) in [6, 6.07) is 5.69. The molecule has 1 aromatic rings. The van der Waals surface area contributed by atoms with Crippen molar-refractivity contribution in [1.82, 2.24) is 0 Å². The van der Waals surface area contributed by atoms with Crippen molar-refractivity contribution >= 4 is 23.2 Å². The molecule has 2 N–H and O–H groups in total. The summed E-state index contributed by atoms with van der Waals surface area (Å²) in [6.07, 6.45) is 6.65. The zero-order valence-electron chi connectivity index (χ0n) is 12.5. The van der Waals surface area contributed by atoms with Crippen molar-refractivity contribution in [2.24, 2.45) is 17.6 Å². The molecule has 0 heterocycles. The number of benzene rings is 1. The second-order valence-corrected chi connectivity index (χ2v) is 7.49. The Bertz CT molecular complexity index is 438. The molecule has 112 valence electrons. The highest BCUT2D eigenvalue weighted by atomic mass is 35.5. The van der Waals surface area contributed by atoms with Crippen molar-refractivity contribution in [2.75, 3.05) is 0 Å². The quantitative estimate of drug-likeness (QED) is 0.736. The van der Waals surface area contributed by atoms with Crippen LogP contribution >= 0.6 is 23.2 Å². The Kier molecular flexibility index (Phi) is 5.39. The van der Waals surface area contributed by atoms with Crippen LogP contribution in [0.2, 0.25) is 10.0 Å². The van der Waals surface area contributed by atoms with Gasteiger partial charge in [0, 0.05) is 15.6 Å².